The van der Waals surface area contributed by atoms with Gasteiger partial charge >= 0.3 is 12.1 Å². The third-order valence-corrected chi connectivity index (χ3v) is 6.57. The van der Waals surface area contributed by atoms with Gasteiger partial charge in [0.2, 0.25) is 0 Å². The second-order valence-corrected chi connectivity index (χ2v) is 9.45. The summed E-state index contributed by atoms with van der Waals surface area (Å²) in [6, 6.07) is 18.6. The summed E-state index contributed by atoms with van der Waals surface area (Å²) in [5.41, 5.74) is 1.19. The Hall–Kier alpha value is -3.23. The van der Waals surface area contributed by atoms with Crippen LogP contribution in [0.25, 0.3) is 0 Å². The monoisotopic (exact) mass is 549 g/mol. The average molecular weight is 550 g/mol. The van der Waals surface area contributed by atoms with E-state index >= 15 is 0 Å². The highest BCUT2D eigenvalue weighted by atomic mass is 35.5. The van der Waals surface area contributed by atoms with Crippen molar-refractivity contribution in [3.63, 3.8) is 0 Å². The first kappa shape index (κ1) is 29.3. The third kappa shape index (κ3) is 8.39. The van der Waals surface area contributed by atoms with Crippen molar-refractivity contribution in [1.29, 1.82) is 0 Å². The number of ether oxygens (including phenoxy) is 2. The molecule has 3 aromatic rings. The number of methoxy groups -OCH3 is 1. The van der Waals surface area contributed by atoms with Crippen LogP contribution in [0.5, 0.6) is 11.5 Å². The van der Waals surface area contributed by atoms with Crippen LogP contribution >= 0.6 is 11.6 Å². The van der Waals surface area contributed by atoms with Crippen molar-refractivity contribution in [2.24, 2.45) is 0 Å². The summed E-state index contributed by atoms with van der Waals surface area (Å²) >= 11 is 6.20. The van der Waals surface area contributed by atoms with Crippen LogP contribution in [0.3, 0.4) is 0 Å². The van der Waals surface area contributed by atoms with Gasteiger partial charge in [0.1, 0.15) is 11.5 Å². The van der Waals surface area contributed by atoms with Gasteiger partial charge in [-0.05, 0) is 53.3 Å². The number of hydrogen-bond donors (Lipinski definition) is 1. The number of benzene rings is 3. The van der Waals surface area contributed by atoms with Gasteiger partial charge in [-0.2, -0.15) is 13.2 Å². The van der Waals surface area contributed by atoms with Crippen molar-refractivity contribution in [2.75, 3.05) is 26.8 Å². The molecular formula is C29H31ClF3NO4. The summed E-state index contributed by atoms with van der Waals surface area (Å²) in [5, 5.41) is 8.71. The van der Waals surface area contributed by atoms with Crippen LogP contribution in [0, 0.1) is 0 Å². The lowest BCUT2D eigenvalue weighted by molar-refractivity contribution is -0.138. The molecule has 9 heteroatoms. The van der Waals surface area contributed by atoms with Gasteiger partial charge < -0.3 is 14.6 Å². The molecular weight excluding hydrogens is 519 g/mol. The van der Waals surface area contributed by atoms with Crippen LogP contribution < -0.4 is 9.47 Å². The van der Waals surface area contributed by atoms with E-state index in [1.807, 2.05) is 31.2 Å². The fraction of sp³-hybridized carbons (Fsp3) is 0.345. The molecule has 0 aromatic heterocycles. The van der Waals surface area contributed by atoms with E-state index in [1.165, 1.54) is 6.07 Å². The van der Waals surface area contributed by atoms with E-state index in [4.69, 9.17) is 26.2 Å². The molecule has 0 bridgehead atoms. The Balaban J connectivity index is 1.73. The van der Waals surface area contributed by atoms with E-state index < -0.39 is 17.7 Å². The smallest absolute Gasteiger partial charge is 0.417 e. The van der Waals surface area contributed by atoms with Gasteiger partial charge in [-0.15, -0.1) is 0 Å². The number of rotatable bonds is 13. The number of carbonyl (C=O) groups is 1. The molecule has 0 fully saturated rings. The van der Waals surface area contributed by atoms with Crippen molar-refractivity contribution < 1.29 is 32.5 Å². The minimum absolute atomic E-state index is 0.0318. The number of para-hydroxylation sites is 1. The molecule has 3 aromatic carbocycles. The minimum atomic E-state index is -4.54. The highest BCUT2D eigenvalue weighted by Gasteiger charge is 2.34. The van der Waals surface area contributed by atoms with Crippen LogP contribution in [0.4, 0.5) is 13.2 Å². The number of aliphatic carboxylic acids is 1. The van der Waals surface area contributed by atoms with E-state index in [-0.39, 0.29) is 23.9 Å². The second-order valence-electron chi connectivity index (χ2n) is 9.07. The van der Waals surface area contributed by atoms with Crippen molar-refractivity contribution >= 4 is 17.6 Å². The highest BCUT2D eigenvalue weighted by molar-refractivity contribution is 6.32. The first-order chi connectivity index (χ1) is 18.1. The molecule has 1 unspecified atom stereocenters. The zero-order valence-electron chi connectivity index (χ0n) is 21.3. The van der Waals surface area contributed by atoms with Crippen molar-refractivity contribution in [3.05, 3.63) is 94.0 Å². The molecule has 0 aliphatic rings. The first-order valence-electron chi connectivity index (χ1n) is 12.2. The zero-order valence-corrected chi connectivity index (χ0v) is 22.1. The molecule has 0 heterocycles. The molecule has 5 nitrogen and oxygen atoms in total. The lowest BCUT2D eigenvalue weighted by atomic mass is 9.99. The van der Waals surface area contributed by atoms with Crippen LogP contribution in [0.1, 0.15) is 41.5 Å². The summed E-state index contributed by atoms with van der Waals surface area (Å²) in [6.45, 7) is 3.73. The van der Waals surface area contributed by atoms with Gasteiger partial charge in [0.05, 0.1) is 30.7 Å². The fourth-order valence-electron chi connectivity index (χ4n) is 4.35. The van der Waals surface area contributed by atoms with Crippen LogP contribution in [0.2, 0.25) is 5.02 Å². The number of hydrogen-bond acceptors (Lipinski definition) is 4. The average Bonchev–Trinajstić information content (AvgIpc) is 2.86. The summed E-state index contributed by atoms with van der Waals surface area (Å²) < 4.78 is 51.6. The normalized spacial score (nSPS) is 12.4. The maximum atomic E-state index is 13.4. The van der Waals surface area contributed by atoms with E-state index in [1.54, 1.807) is 37.4 Å². The molecule has 0 saturated carbocycles. The molecule has 0 saturated heterocycles. The quantitative estimate of drug-likeness (QED) is 0.231. The van der Waals surface area contributed by atoms with Crippen LogP contribution in [-0.2, 0) is 23.9 Å². The molecule has 0 spiro atoms. The number of halogens is 4. The molecule has 0 radical (unpaired) electrons. The molecule has 38 heavy (non-hydrogen) atoms. The van der Waals surface area contributed by atoms with Gasteiger partial charge in [0.25, 0.3) is 0 Å². The lowest BCUT2D eigenvalue weighted by Gasteiger charge is -2.27. The van der Waals surface area contributed by atoms with Gasteiger partial charge in [0.15, 0.2) is 0 Å². The molecule has 1 N–H and O–H groups in total. The molecule has 204 valence electrons. The van der Waals surface area contributed by atoms with Gasteiger partial charge in [-0.25, -0.2) is 0 Å². The fourth-order valence-corrected chi connectivity index (χ4v) is 4.65. The van der Waals surface area contributed by atoms with E-state index in [2.05, 4.69) is 4.90 Å². The lowest BCUT2D eigenvalue weighted by Crippen LogP contribution is -2.30. The Morgan fingerprint density at radius 3 is 2.53 bits per heavy atom. The van der Waals surface area contributed by atoms with E-state index in [0.717, 1.165) is 17.4 Å². The summed E-state index contributed by atoms with van der Waals surface area (Å²) in [7, 11) is 1.61. The topological polar surface area (TPSA) is 59.0 Å². The number of nitrogens with zero attached hydrogens (tertiary/aromatic N) is 1. The Morgan fingerprint density at radius 1 is 1.08 bits per heavy atom. The summed E-state index contributed by atoms with van der Waals surface area (Å²) in [6.07, 6.45) is -4.03. The maximum Gasteiger partial charge on any atom is 0.417 e. The molecule has 0 aliphatic heterocycles. The first-order valence-corrected chi connectivity index (χ1v) is 12.6. The van der Waals surface area contributed by atoms with Crippen molar-refractivity contribution in [2.45, 2.75) is 38.4 Å². The highest BCUT2D eigenvalue weighted by Crippen LogP contribution is 2.37. The SMILES string of the molecule is COc1ccccc1C(C)CN(CCCOc1cccc(CC(=O)O)c1)Cc1cccc(C(F)(F)F)c1Cl. The van der Waals surface area contributed by atoms with Gasteiger partial charge in [-0.1, -0.05) is 61.0 Å². The largest absolute Gasteiger partial charge is 0.496 e. The Kier molecular flexibility index (Phi) is 10.4. The number of alkyl halides is 3. The van der Waals surface area contributed by atoms with Crippen LogP contribution in [0.15, 0.2) is 66.7 Å². The Labute approximate surface area is 225 Å². The predicted molar refractivity (Wildman–Crippen MR) is 141 cm³/mol. The minimum Gasteiger partial charge on any atom is -0.496 e. The number of carboxylic acids is 1. The zero-order chi connectivity index (χ0) is 27.7. The molecule has 0 amide bonds. The molecule has 3 rings (SSSR count). The maximum absolute atomic E-state index is 13.4. The second kappa shape index (κ2) is 13.5. The molecule has 0 aliphatic carbocycles. The number of carboxylic acid groups (broad SMARTS) is 1. The van der Waals surface area contributed by atoms with Gasteiger partial charge in [0, 0.05) is 19.6 Å². The Bertz CT molecular complexity index is 1220. The summed E-state index contributed by atoms with van der Waals surface area (Å²) in [5.74, 6) is 0.430. The van der Waals surface area contributed by atoms with Crippen molar-refractivity contribution in [3.8, 4) is 11.5 Å². The van der Waals surface area contributed by atoms with Gasteiger partial charge in [-0.3, -0.25) is 9.69 Å². The third-order valence-electron chi connectivity index (χ3n) is 6.12. The van der Waals surface area contributed by atoms with E-state index in [0.29, 0.717) is 43.0 Å². The molecule has 1 atom stereocenters. The Morgan fingerprint density at radius 2 is 1.82 bits per heavy atom. The van der Waals surface area contributed by atoms with Crippen LogP contribution in [-0.4, -0.2) is 42.8 Å². The summed E-state index contributed by atoms with van der Waals surface area (Å²) in [4.78, 5) is 13.0. The predicted octanol–water partition coefficient (Wildman–Crippen LogP) is 7.07. The van der Waals surface area contributed by atoms with E-state index in [9.17, 15) is 18.0 Å². The standard InChI is InChI=1S/C29H31ClF3NO4/c1-20(24-11-3-4-13-26(24)37-2)18-34(19-22-9-6-12-25(28(22)30)29(31,32)33)14-7-15-38-23-10-5-8-21(16-23)17-27(35)36/h3-6,8-13,16,20H,7,14-15,17-19H2,1-2H3,(H,35,36). The van der Waals surface area contributed by atoms with Crippen molar-refractivity contribution in [1.82, 2.24) is 4.90 Å².